The molecule has 0 spiro atoms. The molecule has 1 aromatic carbocycles. The van der Waals surface area contributed by atoms with Crippen LogP contribution in [0.1, 0.15) is 15.9 Å². The Bertz CT molecular complexity index is 599. The third kappa shape index (κ3) is 2.87. The Hall–Kier alpha value is -1.88. The maximum absolute atomic E-state index is 12.0. The molecule has 0 aliphatic heterocycles. The summed E-state index contributed by atoms with van der Waals surface area (Å²) in [6, 6.07) is 6.94. The topological polar surface area (TPSA) is 68.0 Å². The molecule has 0 aliphatic carbocycles. The molecule has 2 aromatic rings. The van der Waals surface area contributed by atoms with Crippen molar-refractivity contribution in [3.8, 4) is 0 Å². The molecule has 3 N–H and O–H groups in total. The van der Waals surface area contributed by atoms with Crippen LogP contribution in [0.3, 0.4) is 0 Å². The third-order valence-electron chi connectivity index (χ3n) is 2.39. The zero-order valence-corrected chi connectivity index (χ0v) is 11.4. The largest absolute Gasteiger partial charge is 0.398 e. The van der Waals surface area contributed by atoms with Crippen molar-refractivity contribution in [3.63, 3.8) is 0 Å². The van der Waals surface area contributed by atoms with Gasteiger partial charge in [-0.2, -0.15) is 0 Å². The molecule has 0 aliphatic rings. The smallest absolute Gasteiger partial charge is 0.255 e. The number of anilines is 2. The van der Waals surface area contributed by atoms with Crippen LogP contribution in [-0.4, -0.2) is 10.9 Å². The standard InChI is InChI=1S/C13H12BrN3O/c1-8-4-10(7-16-6-8)17-13(18)9-2-3-11(14)12(15)5-9/h2-7H,15H2,1H3,(H,17,18). The first-order valence-electron chi connectivity index (χ1n) is 5.34. The van der Waals surface area contributed by atoms with E-state index in [1.807, 2.05) is 13.0 Å². The fourth-order valence-electron chi connectivity index (χ4n) is 1.51. The number of carbonyl (C=O) groups is 1. The summed E-state index contributed by atoms with van der Waals surface area (Å²) in [4.78, 5) is 16.0. The normalized spacial score (nSPS) is 10.1. The predicted octanol–water partition coefficient (Wildman–Crippen LogP) is 2.99. The fraction of sp³-hybridized carbons (Fsp3) is 0.0769. The van der Waals surface area contributed by atoms with E-state index in [1.54, 1.807) is 30.6 Å². The maximum Gasteiger partial charge on any atom is 0.255 e. The highest BCUT2D eigenvalue weighted by Crippen LogP contribution is 2.20. The number of pyridine rings is 1. The highest BCUT2D eigenvalue weighted by atomic mass is 79.9. The number of nitrogens with zero attached hydrogens (tertiary/aromatic N) is 1. The molecule has 0 bridgehead atoms. The second kappa shape index (κ2) is 5.18. The number of aryl methyl sites for hydroxylation is 1. The van der Waals surface area contributed by atoms with E-state index in [-0.39, 0.29) is 5.91 Å². The third-order valence-corrected chi connectivity index (χ3v) is 3.11. The van der Waals surface area contributed by atoms with Crippen LogP contribution in [0.5, 0.6) is 0 Å². The Morgan fingerprint density at radius 3 is 2.78 bits per heavy atom. The number of nitrogens with two attached hydrogens (primary N) is 1. The van der Waals surface area contributed by atoms with Gasteiger partial charge in [0, 0.05) is 21.9 Å². The lowest BCUT2D eigenvalue weighted by atomic mass is 10.2. The molecule has 1 heterocycles. The summed E-state index contributed by atoms with van der Waals surface area (Å²) in [6.45, 7) is 1.92. The molecule has 0 saturated heterocycles. The number of hydrogen-bond acceptors (Lipinski definition) is 3. The van der Waals surface area contributed by atoms with Gasteiger partial charge in [0.1, 0.15) is 0 Å². The van der Waals surface area contributed by atoms with Crippen LogP contribution in [0.15, 0.2) is 41.1 Å². The van der Waals surface area contributed by atoms with Crippen LogP contribution in [0.25, 0.3) is 0 Å². The van der Waals surface area contributed by atoms with Gasteiger partial charge in [-0.05, 0) is 52.7 Å². The molecule has 0 unspecified atom stereocenters. The Morgan fingerprint density at radius 1 is 1.33 bits per heavy atom. The quantitative estimate of drug-likeness (QED) is 0.838. The van der Waals surface area contributed by atoms with Crippen molar-refractivity contribution in [1.82, 2.24) is 4.98 Å². The molecular formula is C13H12BrN3O. The number of rotatable bonds is 2. The number of carbonyl (C=O) groups excluding carboxylic acids is 1. The second-order valence-electron chi connectivity index (χ2n) is 3.94. The molecule has 2 rings (SSSR count). The van der Waals surface area contributed by atoms with E-state index < -0.39 is 0 Å². The molecule has 18 heavy (non-hydrogen) atoms. The number of benzene rings is 1. The van der Waals surface area contributed by atoms with E-state index in [0.717, 1.165) is 10.0 Å². The number of aromatic nitrogens is 1. The van der Waals surface area contributed by atoms with Crippen LogP contribution >= 0.6 is 15.9 Å². The van der Waals surface area contributed by atoms with Gasteiger partial charge in [0.05, 0.1) is 11.9 Å². The average Bonchev–Trinajstić information content (AvgIpc) is 2.32. The predicted molar refractivity (Wildman–Crippen MR) is 75.5 cm³/mol. The Labute approximate surface area is 113 Å². The number of nitrogens with one attached hydrogen (secondary N) is 1. The lowest BCUT2D eigenvalue weighted by molar-refractivity contribution is 0.102. The summed E-state index contributed by atoms with van der Waals surface area (Å²) < 4.78 is 0.774. The Morgan fingerprint density at radius 2 is 2.11 bits per heavy atom. The molecule has 5 heteroatoms. The Balaban J connectivity index is 2.19. The zero-order chi connectivity index (χ0) is 13.1. The average molecular weight is 306 g/mol. The minimum Gasteiger partial charge on any atom is -0.398 e. The summed E-state index contributed by atoms with van der Waals surface area (Å²) in [5.41, 5.74) is 8.44. The van der Waals surface area contributed by atoms with Crippen LogP contribution < -0.4 is 11.1 Å². The van der Waals surface area contributed by atoms with Crippen molar-refractivity contribution in [3.05, 3.63) is 52.3 Å². The number of hydrogen-bond donors (Lipinski definition) is 2. The van der Waals surface area contributed by atoms with E-state index in [4.69, 9.17) is 5.73 Å². The van der Waals surface area contributed by atoms with Crippen molar-refractivity contribution < 1.29 is 4.79 Å². The van der Waals surface area contributed by atoms with Gasteiger partial charge in [-0.25, -0.2) is 0 Å². The molecule has 0 fully saturated rings. The highest BCUT2D eigenvalue weighted by molar-refractivity contribution is 9.10. The highest BCUT2D eigenvalue weighted by Gasteiger charge is 2.08. The van der Waals surface area contributed by atoms with Gasteiger partial charge in [-0.1, -0.05) is 0 Å². The van der Waals surface area contributed by atoms with Crippen molar-refractivity contribution in [1.29, 1.82) is 0 Å². The first kappa shape index (κ1) is 12.6. The van der Waals surface area contributed by atoms with E-state index in [9.17, 15) is 4.79 Å². The van der Waals surface area contributed by atoms with Gasteiger partial charge >= 0.3 is 0 Å². The van der Waals surface area contributed by atoms with E-state index in [2.05, 4.69) is 26.2 Å². The second-order valence-corrected chi connectivity index (χ2v) is 4.80. The number of halogens is 1. The van der Waals surface area contributed by atoms with Gasteiger partial charge in [0.2, 0.25) is 0 Å². The SMILES string of the molecule is Cc1cncc(NC(=O)c2ccc(Br)c(N)c2)c1. The van der Waals surface area contributed by atoms with Crippen LogP contribution in [0, 0.1) is 6.92 Å². The molecule has 1 amide bonds. The maximum atomic E-state index is 12.0. The van der Waals surface area contributed by atoms with Crippen LogP contribution in [0.2, 0.25) is 0 Å². The van der Waals surface area contributed by atoms with Gasteiger partial charge in [-0.3, -0.25) is 9.78 Å². The summed E-state index contributed by atoms with van der Waals surface area (Å²) >= 11 is 3.29. The molecule has 0 radical (unpaired) electrons. The van der Waals surface area contributed by atoms with Gasteiger partial charge in [0.25, 0.3) is 5.91 Å². The summed E-state index contributed by atoms with van der Waals surface area (Å²) in [6.07, 6.45) is 3.33. The molecule has 1 aromatic heterocycles. The molecule has 92 valence electrons. The lowest BCUT2D eigenvalue weighted by Gasteiger charge is -2.06. The first-order valence-corrected chi connectivity index (χ1v) is 6.13. The summed E-state index contributed by atoms with van der Waals surface area (Å²) in [5.74, 6) is -0.207. The van der Waals surface area contributed by atoms with E-state index >= 15 is 0 Å². The van der Waals surface area contributed by atoms with E-state index in [1.165, 1.54) is 0 Å². The molecular weight excluding hydrogens is 294 g/mol. The fourth-order valence-corrected chi connectivity index (χ4v) is 1.76. The molecule has 4 nitrogen and oxygen atoms in total. The zero-order valence-electron chi connectivity index (χ0n) is 9.77. The van der Waals surface area contributed by atoms with Crippen LogP contribution in [-0.2, 0) is 0 Å². The van der Waals surface area contributed by atoms with Gasteiger partial charge in [0.15, 0.2) is 0 Å². The number of nitrogen functional groups attached to an aromatic ring is 1. The van der Waals surface area contributed by atoms with Gasteiger partial charge in [-0.15, -0.1) is 0 Å². The van der Waals surface area contributed by atoms with Crippen LogP contribution in [0.4, 0.5) is 11.4 Å². The van der Waals surface area contributed by atoms with E-state index in [0.29, 0.717) is 16.9 Å². The minimum absolute atomic E-state index is 0.207. The summed E-state index contributed by atoms with van der Waals surface area (Å²) in [7, 11) is 0. The van der Waals surface area contributed by atoms with Gasteiger partial charge < -0.3 is 11.1 Å². The van der Waals surface area contributed by atoms with Crippen molar-refractivity contribution in [2.45, 2.75) is 6.92 Å². The molecule has 0 atom stereocenters. The number of amides is 1. The van der Waals surface area contributed by atoms with Crippen molar-refractivity contribution in [2.75, 3.05) is 11.1 Å². The first-order chi connectivity index (χ1) is 8.56. The monoisotopic (exact) mass is 305 g/mol. The lowest BCUT2D eigenvalue weighted by Crippen LogP contribution is -2.12. The van der Waals surface area contributed by atoms with Crippen molar-refractivity contribution in [2.24, 2.45) is 0 Å². The molecule has 0 saturated carbocycles. The minimum atomic E-state index is -0.207. The van der Waals surface area contributed by atoms with Crippen molar-refractivity contribution >= 4 is 33.2 Å². The summed E-state index contributed by atoms with van der Waals surface area (Å²) in [5, 5.41) is 2.77. The Kier molecular flexibility index (Phi) is 3.62.